The molecule has 0 atom stereocenters. The van der Waals surface area contributed by atoms with E-state index in [1.54, 1.807) is 32.0 Å². The van der Waals surface area contributed by atoms with Crippen LogP contribution in [0.1, 0.15) is 52.4 Å². The van der Waals surface area contributed by atoms with Gasteiger partial charge in [-0.3, -0.25) is 9.59 Å². The van der Waals surface area contributed by atoms with Gasteiger partial charge in [0.1, 0.15) is 5.75 Å². The predicted molar refractivity (Wildman–Crippen MR) is 89.6 cm³/mol. The molecule has 1 heterocycles. The van der Waals surface area contributed by atoms with Gasteiger partial charge in [0.15, 0.2) is 5.60 Å². The maximum Gasteiger partial charge on any atom is 0.268 e. The van der Waals surface area contributed by atoms with Crippen molar-refractivity contribution in [3.05, 3.63) is 18.2 Å². The van der Waals surface area contributed by atoms with Gasteiger partial charge in [0.05, 0.1) is 5.69 Å². The monoisotopic (exact) mass is 316 g/mol. The van der Waals surface area contributed by atoms with Gasteiger partial charge in [0.25, 0.3) is 5.91 Å². The van der Waals surface area contributed by atoms with Crippen molar-refractivity contribution < 1.29 is 14.3 Å². The fourth-order valence-corrected chi connectivity index (χ4v) is 3.25. The lowest BCUT2D eigenvalue weighted by atomic mass is 10.0. The Morgan fingerprint density at radius 3 is 2.83 bits per heavy atom. The van der Waals surface area contributed by atoms with E-state index >= 15 is 0 Å². The average molecular weight is 316 g/mol. The molecule has 23 heavy (non-hydrogen) atoms. The molecule has 2 aliphatic rings. The van der Waals surface area contributed by atoms with E-state index < -0.39 is 5.60 Å². The molecule has 0 aromatic heterocycles. The molecular weight excluding hydrogens is 292 g/mol. The van der Waals surface area contributed by atoms with Crippen LogP contribution in [0.4, 0.5) is 11.4 Å². The first-order valence-electron chi connectivity index (χ1n) is 8.38. The lowest BCUT2D eigenvalue weighted by Gasteiger charge is -2.31. The predicted octanol–water partition coefficient (Wildman–Crippen LogP) is 3.71. The molecule has 2 N–H and O–H groups in total. The first-order valence-corrected chi connectivity index (χ1v) is 8.38. The van der Waals surface area contributed by atoms with Gasteiger partial charge >= 0.3 is 0 Å². The summed E-state index contributed by atoms with van der Waals surface area (Å²) in [5, 5.41) is 5.73. The fraction of sp³-hybridized carbons (Fsp3) is 0.556. The number of amides is 2. The molecule has 1 fully saturated rings. The van der Waals surface area contributed by atoms with E-state index in [1.165, 1.54) is 25.7 Å². The van der Waals surface area contributed by atoms with Gasteiger partial charge in [-0.15, -0.1) is 0 Å². The standard InChI is InChI=1S/C18H24N2O3/c1-18(2)17(22)20-14-11-13(8-9-15(14)23-18)19-16(21)10-7-12-5-3-4-6-12/h8-9,11-12H,3-7,10H2,1-2H3,(H,19,21)(H,20,22). The van der Waals surface area contributed by atoms with Crippen LogP contribution in [0.3, 0.4) is 0 Å². The highest BCUT2D eigenvalue weighted by molar-refractivity contribution is 6.01. The summed E-state index contributed by atoms with van der Waals surface area (Å²) in [7, 11) is 0. The minimum absolute atomic E-state index is 0.0280. The Hall–Kier alpha value is -2.04. The van der Waals surface area contributed by atoms with E-state index in [-0.39, 0.29) is 11.8 Å². The number of fused-ring (bicyclic) bond motifs is 1. The van der Waals surface area contributed by atoms with Crippen LogP contribution in [0, 0.1) is 5.92 Å². The summed E-state index contributed by atoms with van der Waals surface area (Å²) in [6.07, 6.45) is 6.62. The highest BCUT2D eigenvalue weighted by Gasteiger charge is 2.35. The third kappa shape index (κ3) is 3.66. The van der Waals surface area contributed by atoms with E-state index in [1.807, 2.05) is 0 Å². The molecule has 0 spiro atoms. The number of hydrogen-bond donors (Lipinski definition) is 2. The molecule has 3 rings (SSSR count). The number of hydrogen-bond acceptors (Lipinski definition) is 3. The topological polar surface area (TPSA) is 67.4 Å². The normalized spacial score (nSPS) is 19.7. The molecule has 0 unspecified atom stereocenters. The second-order valence-corrected chi connectivity index (χ2v) is 7.01. The van der Waals surface area contributed by atoms with Crippen molar-refractivity contribution >= 4 is 23.2 Å². The largest absolute Gasteiger partial charge is 0.476 e. The van der Waals surface area contributed by atoms with E-state index in [9.17, 15) is 9.59 Å². The smallest absolute Gasteiger partial charge is 0.268 e. The molecule has 124 valence electrons. The summed E-state index contributed by atoms with van der Waals surface area (Å²) in [4.78, 5) is 24.0. The lowest BCUT2D eigenvalue weighted by molar-refractivity contribution is -0.129. The third-order valence-corrected chi connectivity index (χ3v) is 4.68. The minimum Gasteiger partial charge on any atom is -0.476 e. The van der Waals surface area contributed by atoms with Crippen LogP contribution in [0.25, 0.3) is 0 Å². The van der Waals surface area contributed by atoms with Crippen molar-refractivity contribution in [2.45, 2.75) is 58.0 Å². The molecule has 1 saturated carbocycles. The first-order chi connectivity index (χ1) is 10.9. The van der Waals surface area contributed by atoms with Crippen molar-refractivity contribution in [3.8, 4) is 5.75 Å². The zero-order chi connectivity index (χ0) is 16.4. The molecule has 0 saturated heterocycles. The van der Waals surface area contributed by atoms with Gasteiger partial charge in [-0.05, 0) is 44.4 Å². The summed E-state index contributed by atoms with van der Waals surface area (Å²) < 4.78 is 5.68. The first kappa shape index (κ1) is 15.8. The number of carbonyl (C=O) groups is 2. The molecule has 1 aromatic carbocycles. The fourth-order valence-electron chi connectivity index (χ4n) is 3.25. The highest BCUT2D eigenvalue weighted by atomic mass is 16.5. The lowest BCUT2D eigenvalue weighted by Crippen LogP contribution is -2.45. The van der Waals surface area contributed by atoms with Crippen LogP contribution in [-0.2, 0) is 9.59 Å². The van der Waals surface area contributed by atoms with Crippen LogP contribution < -0.4 is 15.4 Å². The van der Waals surface area contributed by atoms with Gasteiger partial charge in [-0.2, -0.15) is 0 Å². The Bertz CT molecular complexity index is 619. The van der Waals surface area contributed by atoms with Gasteiger partial charge in [-0.1, -0.05) is 25.7 Å². The molecule has 1 aliphatic carbocycles. The van der Waals surface area contributed by atoms with E-state index in [0.29, 0.717) is 29.5 Å². The summed E-state index contributed by atoms with van der Waals surface area (Å²) in [5.74, 6) is 1.17. The summed E-state index contributed by atoms with van der Waals surface area (Å²) >= 11 is 0. The molecule has 5 heteroatoms. The molecule has 0 bridgehead atoms. The average Bonchev–Trinajstić information content (AvgIpc) is 3.00. The Labute approximate surface area is 136 Å². The van der Waals surface area contributed by atoms with Crippen LogP contribution in [-0.4, -0.2) is 17.4 Å². The molecule has 2 amide bonds. The van der Waals surface area contributed by atoms with Gasteiger partial charge in [-0.25, -0.2) is 0 Å². The van der Waals surface area contributed by atoms with E-state index in [0.717, 1.165) is 6.42 Å². The molecule has 1 aromatic rings. The van der Waals surface area contributed by atoms with Crippen LogP contribution in [0.15, 0.2) is 18.2 Å². The molecule has 0 radical (unpaired) electrons. The van der Waals surface area contributed by atoms with Crippen molar-refractivity contribution in [1.82, 2.24) is 0 Å². The molecule has 1 aliphatic heterocycles. The number of benzene rings is 1. The van der Waals surface area contributed by atoms with Gasteiger partial charge < -0.3 is 15.4 Å². The molecular formula is C18H24N2O3. The number of anilines is 2. The second-order valence-electron chi connectivity index (χ2n) is 7.01. The van der Waals surface area contributed by atoms with Crippen LogP contribution >= 0.6 is 0 Å². The number of ether oxygens (including phenoxy) is 1. The SMILES string of the molecule is CC1(C)Oc2ccc(NC(=O)CCC3CCCC3)cc2NC1=O. The number of nitrogens with one attached hydrogen (secondary N) is 2. The van der Waals surface area contributed by atoms with Gasteiger partial charge in [0, 0.05) is 12.1 Å². The Balaban J connectivity index is 1.60. The minimum atomic E-state index is -0.876. The van der Waals surface area contributed by atoms with Gasteiger partial charge in [0.2, 0.25) is 5.91 Å². The highest BCUT2D eigenvalue weighted by Crippen LogP contribution is 2.35. The Morgan fingerprint density at radius 2 is 2.09 bits per heavy atom. The summed E-state index contributed by atoms with van der Waals surface area (Å²) in [6.45, 7) is 3.45. The zero-order valence-corrected chi connectivity index (χ0v) is 13.8. The van der Waals surface area contributed by atoms with Crippen molar-refractivity contribution in [2.24, 2.45) is 5.92 Å². The summed E-state index contributed by atoms with van der Waals surface area (Å²) in [6, 6.07) is 5.33. The third-order valence-electron chi connectivity index (χ3n) is 4.68. The maximum atomic E-state index is 12.1. The quantitative estimate of drug-likeness (QED) is 0.890. The number of carbonyl (C=O) groups excluding carboxylic acids is 2. The second kappa shape index (κ2) is 6.22. The summed E-state index contributed by atoms with van der Waals surface area (Å²) in [5.41, 5.74) is 0.408. The Kier molecular flexibility index (Phi) is 4.28. The molecule has 5 nitrogen and oxygen atoms in total. The van der Waals surface area contributed by atoms with E-state index in [2.05, 4.69) is 10.6 Å². The van der Waals surface area contributed by atoms with Crippen molar-refractivity contribution in [1.29, 1.82) is 0 Å². The van der Waals surface area contributed by atoms with Crippen LogP contribution in [0.5, 0.6) is 5.75 Å². The Morgan fingerprint density at radius 1 is 1.35 bits per heavy atom. The number of rotatable bonds is 4. The van der Waals surface area contributed by atoms with Crippen molar-refractivity contribution in [2.75, 3.05) is 10.6 Å². The zero-order valence-electron chi connectivity index (χ0n) is 13.8. The van der Waals surface area contributed by atoms with E-state index in [4.69, 9.17) is 4.74 Å². The maximum absolute atomic E-state index is 12.1. The van der Waals surface area contributed by atoms with Crippen LogP contribution in [0.2, 0.25) is 0 Å². The van der Waals surface area contributed by atoms with Crippen molar-refractivity contribution in [3.63, 3.8) is 0 Å².